The molecule has 0 heterocycles. The molecule has 2 N–H and O–H groups in total. The minimum Gasteiger partial charge on any atom is -0.481 e. The van der Waals surface area contributed by atoms with Gasteiger partial charge in [-0.15, -0.1) is 0 Å². The van der Waals surface area contributed by atoms with Crippen LogP contribution in [0, 0.1) is 5.82 Å². The lowest BCUT2D eigenvalue weighted by atomic mass is 10.4. The molecular weight excluding hydrogens is 341 g/mol. The third kappa shape index (κ3) is 5.78. The lowest BCUT2D eigenvalue weighted by molar-refractivity contribution is -0.137. The number of halogens is 1. The van der Waals surface area contributed by atoms with Gasteiger partial charge in [-0.05, 0) is 24.3 Å². The normalized spacial score (nSPS) is 11.3. The van der Waals surface area contributed by atoms with E-state index in [4.69, 9.17) is 5.11 Å². The minimum atomic E-state index is -3.77. The van der Waals surface area contributed by atoms with Crippen LogP contribution in [0.25, 0.3) is 0 Å². The summed E-state index contributed by atoms with van der Waals surface area (Å²) in [5.74, 6) is -1.55. The number of sulfonamides is 1. The van der Waals surface area contributed by atoms with Crippen molar-refractivity contribution >= 4 is 22.0 Å². The number of carboxylic acids is 1. The summed E-state index contributed by atoms with van der Waals surface area (Å²) >= 11 is 0. The molecule has 1 aromatic carbocycles. The summed E-state index contributed by atoms with van der Waals surface area (Å²) in [6.07, 6.45) is -0.178. The number of likely N-dealkylation sites (N-methyl/N-ethyl adjacent to an activating group) is 1. The van der Waals surface area contributed by atoms with E-state index in [1.54, 1.807) is 0 Å². The molecule has 0 aromatic heterocycles. The fourth-order valence-electron chi connectivity index (χ4n) is 1.73. The fraction of sp³-hybridized carbons (Fsp3) is 0.429. The molecule has 0 aliphatic rings. The third-order valence-electron chi connectivity index (χ3n) is 3.23. The first-order chi connectivity index (χ1) is 11.1. The Labute approximate surface area is 139 Å². The van der Waals surface area contributed by atoms with Gasteiger partial charge in [-0.1, -0.05) is 0 Å². The van der Waals surface area contributed by atoms with Gasteiger partial charge in [0.15, 0.2) is 0 Å². The third-order valence-corrected chi connectivity index (χ3v) is 5.10. The zero-order chi connectivity index (χ0) is 18.3. The number of hydrogen-bond acceptors (Lipinski definition) is 4. The van der Waals surface area contributed by atoms with Crippen molar-refractivity contribution in [1.29, 1.82) is 0 Å². The molecular formula is C14H20FN3O5S. The van der Waals surface area contributed by atoms with E-state index in [0.29, 0.717) is 0 Å². The molecule has 0 spiro atoms. The standard InChI is InChI=1S/C14H20FN3O5S/c1-17(9-7-13(19)20)14(21)16-8-10-18(2)24(22,23)12-5-3-11(15)4-6-12/h3-6H,7-10H2,1-2H3,(H,16,21)(H,19,20). The van der Waals surface area contributed by atoms with E-state index in [1.165, 1.54) is 31.1 Å². The largest absolute Gasteiger partial charge is 0.481 e. The lowest BCUT2D eigenvalue weighted by Crippen LogP contribution is -2.42. The first-order valence-electron chi connectivity index (χ1n) is 7.07. The lowest BCUT2D eigenvalue weighted by Gasteiger charge is -2.20. The highest BCUT2D eigenvalue weighted by Gasteiger charge is 2.20. The quantitative estimate of drug-likeness (QED) is 0.704. The molecule has 0 saturated heterocycles. The molecule has 0 bridgehead atoms. The van der Waals surface area contributed by atoms with Crippen molar-refractivity contribution in [2.45, 2.75) is 11.3 Å². The summed E-state index contributed by atoms with van der Waals surface area (Å²) in [6.45, 7) is 0.107. The van der Waals surface area contributed by atoms with Crippen molar-refractivity contribution < 1.29 is 27.5 Å². The van der Waals surface area contributed by atoms with E-state index < -0.39 is 27.8 Å². The molecule has 0 unspecified atom stereocenters. The molecule has 0 aliphatic carbocycles. The van der Waals surface area contributed by atoms with Crippen molar-refractivity contribution in [3.05, 3.63) is 30.1 Å². The maximum Gasteiger partial charge on any atom is 0.317 e. The number of carboxylic acid groups (broad SMARTS) is 1. The van der Waals surface area contributed by atoms with Gasteiger partial charge in [-0.25, -0.2) is 17.6 Å². The smallest absolute Gasteiger partial charge is 0.317 e. The second-order valence-corrected chi connectivity index (χ2v) is 7.12. The van der Waals surface area contributed by atoms with Crippen LogP contribution in [-0.2, 0) is 14.8 Å². The van der Waals surface area contributed by atoms with Crippen LogP contribution in [-0.4, -0.2) is 68.5 Å². The number of aliphatic carboxylic acids is 1. The highest BCUT2D eigenvalue weighted by atomic mass is 32.2. The number of hydrogen-bond donors (Lipinski definition) is 2. The molecule has 0 saturated carbocycles. The van der Waals surface area contributed by atoms with Crippen molar-refractivity contribution in [2.75, 3.05) is 33.7 Å². The van der Waals surface area contributed by atoms with Crippen LogP contribution in [0.4, 0.5) is 9.18 Å². The van der Waals surface area contributed by atoms with Crippen LogP contribution in [0.1, 0.15) is 6.42 Å². The Bertz CT molecular complexity index is 678. The number of benzene rings is 1. The fourth-order valence-corrected chi connectivity index (χ4v) is 2.90. The number of nitrogens with one attached hydrogen (secondary N) is 1. The molecule has 1 aromatic rings. The second-order valence-electron chi connectivity index (χ2n) is 5.08. The van der Waals surface area contributed by atoms with Gasteiger partial charge in [-0.3, -0.25) is 4.79 Å². The molecule has 1 rings (SSSR count). The van der Waals surface area contributed by atoms with Crippen LogP contribution in [0.3, 0.4) is 0 Å². The Kier molecular flexibility index (Phi) is 7.11. The monoisotopic (exact) mass is 361 g/mol. The van der Waals surface area contributed by atoms with Gasteiger partial charge in [0, 0.05) is 33.7 Å². The predicted octanol–water partition coefficient (Wildman–Crippen LogP) is 0.562. The molecule has 2 amide bonds. The zero-order valence-electron chi connectivity index (χ0n) is 13.4. The Balaban J connectivity index is 2.50. The summed E-state index contributed by atoms with van der Waals surface area (Å²) in [5, 5.41) is 11.1. The van der Waals surface area contributed by atoms with Crippen LogP contribution >= 0.6 is 0 Å². The van der Waals surface area contributed by atoms with E-state index in [0.717, 1.165) is 16.4 Å². The number of rotatable bonds is 8. The summed E-state index contributed by atoms with van der Waals surface area (Å²) in [5.41, 5.74) is 0. The van der Waals surface area contributed by atoms with Crippen molar-refractivity contribution in [3.8, 4) is 0 Å². The summed E-state index contributed by atoms with van der Waals surface area (Å²) in [4.78, 5) is 23.3. The Morgan fingerprint density at radius 1 is 1.17 bits per heavy atom. The first kappa shape index (κ1) is 19.8. The molecule has 10 heteroatoms. The average Bonchev–Trinajstić information content (AvgIpc) is 2.52. The van der Waals surface area contributed by atoms with Gasteiger partial charge in [0.05, 0.1) is 11.3 Å². The van der Waals surface area contributed by atoms with E-state index in [9.17, 15) is 22.4 Å². The van der Waals surface area contributed by atoms with Crippen LogP contribution in [0.5, 0.6) is 0 Å². The molecule has 0 fully saturated rings. The van der Waals surface area contributed by atoms with Gasteiger partial charge in [0.25, 0.3) is 0 Å². The molecule has 0 atom stereocenters. The number of carbonyl (C=O) groups is 2. The summed E-state index contributed by atoms with van der Waals surface area (Å²) < 4.78 is 38.4. The van der Waals surface area contributed by atoms with E-state index >= 15 is 0 Å². The highest BCUT2D eigenvalue weighted by Crippen LogP contribution is 2.14. The van der Waals surface area contributed by atoms with Gasteiger partial charge in [0.2, 0.25) is 10.0 Å². The summed E-state index contributed by atoms with van der Waals surface area (Å²) in [6, 6.07) is 3.95. The Morgan fingerprint density at radius 3 is 2.29 bits per heavy atom. The van der Waals surface area contributed by atoms with E-state index in [1.807, 2.05) is 0 Å². The number of urea groups is 1. The van der Waals surface area contributed by atoms with Gasteiger partial charge < -0.3 is 15.3 Å². The number of amides is 2. The maximum absolute atomic E-state index is 12.9. The Hall–Kier alpha value is -2.20. The van der Waals surface area contributed by atoms with Crippen molar-refractivity contribution in [3.63, 3.8) is 0 Å². The van der Waals surface area contributed by atoms with E-state index in [-0.39, 0.29) is 31.0 Å². The maximum atomic E-state index is 12.9. The first-order valence-corrected chi connectivity index (χ1v) is 8.51. The van der Waals surface area contributed by atoms with Crippen LogP contribution in [0.15, 0.2) is 29.2 Å². The molecule has 8 nitrogen and oxygen atoms in total. The van der Waals surface area contributed by atoms with Crippen molar-refractivity contribution in [2.24, 2.45) is 0 Å². The van der Waals surface area contributed by atoms with Gasteiger partial charge >= 0.3 is 12.0 Å². The van der Waals surface area contributed by atoms with Gasteiger partial charge in [-0.2, -0.15) is 4.31 Å². The topological polar surface area (TPSA) is 107 Å². The molecule has 24 heavy (non-hydrogen) atoms. The molecule has 134 valence electrons. The SMILES string of the molecule is CN(CCC(=O)O)C(=O)NCCN(C)S(=O)(=O)c1ccc(F)cc1. The average molecular weight is 361 g/mol. The zero-order valence-corrected chi connectivity index (χ0v) is 14.2. The van der Waals surface area contributed by atoms with Crippen LogP contribution in [0.2, 0.25) is 0 Å². The van der Waals surface area contributed by atoms with Crippen LogP contribution < -0.4 is 5.32 Å². The number of nitrogens with zero attached hydrogens (tertiary/aromatic N) is 2. The van der Waals surface area contributed by atoms with Crippen molar-refractivity contribution in [1.82, 2.24) is 14.5 Å². The Morgan fingerprint density at radius 2 is 1.75 bits per heavy atom. The molecule has 0 aliphatic heterocycles. The summed E-state index contributed by atoms with van der Waals surface area (Å²) in [7, 11) is -0.983. The number of carbonyl (C=O) groups excluding carboxylic acids is 1. The predicted molar refractivity (Wildman–Crippen MR) is 84.5 cm³/mol. The molecule has 0 radical (unpaired) electrons. The minimum absolute atomic E-state index is 0.0121. The second kappa shape index (κ2) is 8.60. The van der Waals surface area contributed by atoms with E-state index in [2.05, 4.69) is 5.32 Å². The highest BCUT2D eigenvalue weighted by molar-refractivity contribution is 7.89. The van der Waals surface area contributed by atoms with Gasteiger partial charge in [0.1, 0.15) is 5.82 Å².